The Balaban J connectivity index is 1.99. The minimum absolute atomic E-state index is 0.280. The lowest BCUT2D eigenvalue weighted by molar-refractivity contribution is 0.599. The van der Waals surface area contributed by atoms with Crippen molar-refractivity contribution in [3.63, 3.8) is 0 Å². The van der Waals surface area contributed by atoms with E-state index >= 15 is 0 Å². The van der Waals surface area contributed by atoms with Gasteiger partial charge in [-0.15, -0.1) is 11.8 Å². The van der Waals surface area contributed by atoms with Crippen LogP contribution in [0.15, 0.2) is 41.6 Å². The molecule has 1 aromatic carbocycles. The van der Waals surface area contributed by atoms with E-state index in [1.807, 2.05) is 36.1 Å². The summed E-state index contributed by atoms with van der Waals surface area (Å²) in [6, 6.07) is 8.23. The number of halogens is 1. The minimum Gasteiger partial charge on any atom is -0.312 e. The van der Waals surface area contributed by atoms with Gasteiger partial charge in [-0.3, -0.25) is 4.68 Å². The maximum atomic E-state index is 6.18. The van der Waals surface area contributed by atoms with Crippen molar-refractivity contribution >= 4 is 23.4 Å². The van der Waals surface area contributed by atoms with Crippen LogP contribution in [0.25, 0.3) is 0 Å². The van der Waals surface area contributed by atoms with Crippen LogP contribution in [-0.4, -0.2) is 22.6 Å². The van der Waals surface area contributed by atoms with Crippen LogP contribution in [0.2, 0.25) is 5.02 Å². The minimum atomic E-state index is 0.280. The number of nitrogens with zero attached hydrogens (tertiary/aromatic N) is 2. The molecular formula is C15H20ClN3S. The molecule has 1 unspecified atom stereocenters. The van der Waals surface area contributed by atoms with Gasteiger partial charge >= 0.3 is 0 Å². The lowest BCUT2D eigenvalue weighted by atomic mass is 10.2. The highest BCUT2D eigenvalue weighted by atomic mass is 35.5. The number of hydrogen-bond acceptors (Lipinski definition) is 3. The van der Waals surface area contributed by atoms with E-state index in [0.717, 1.165) is 28.6 Å². The summed E-state index contributed by atoms with van der Waals surface area (Å²) < 4.78 is 2.00. The Kier molecular flexibility index (Phi) is 5.95. The van der Waals surface area contributed by atoms with Crippen molar-refractivity contribution in [2.45, 2.75) is 30.8 Å². The van der Waals surface area contributed by atoms with Crippen LogP contribution in [0.1, 0.15) is 24.9 Å². The van der Waals surface area contributed by atoms with Gasteiger partial charge in [-0.25, -0.2) is 0 Å². The second-order valence-corrected chi connectivity index (χ2v) is 6.09. The summed E-state index contributed by atoms with van der Waals surface area (Å²) in [6.07, 6.45) is 5.17. The van der Waals surface area contributed by atoms with Crippen molar-refractivity contribution in [2.24, 2.45) is 0 Å². The van der Waals surface area contributed by atoms with Crippen molar-refractivity contribution in [1.82, 2.24) is 15.1 Å². The van der Waals surface area contributed by atoms with Gasteiger partial charge in [0.15, 0.2) is 0 Å². The van der Waals surface area contributed by atoms with Gasteiger partial charge in [-0.1, -0.05) is 30.7 Å². The summed E-state index contributed by atoms with van der Waals surface area (Å²) in [5, 5.41) is 8.55. The molecule has 5 heteroatoms. The zero-order chi connectivity index (χ0) is 14.4. The van der Waals surface area contributed by atoms with E-state index in [2.05, 4.69) is 29.6 Å². The number of thioether (sulfide) groups is 1. The molecule has 0 spiro atoms. The summed E-state index contributed by atoms with van der Waals surface area (Å²) in [7, 11) is 1.98. The Morgan fingerprint density at radius 3 is 2.90 bits per heavy atom. The van der Waals surface area contributed by atoms with E-state index in [0.29, 0.717) is 0 Å². The Morgan fingerprint density at radius 1 is 1.40 bits per heavy atom. The molecule has 1 N–H and O–H groups in total. The molecule has 108 valence electrons. The van der Waals surface area contributed by atoms with E-state index in [1.165, 1.54) is 5.56 Å². The highest BCUT2D eigenvalue weighted by Crippen LogP contribution is 2.29. The first-order valence-corrected chi connectivity index (χ1v) is 8.18. The SMILES string of the molecule is CCCn1cc(C(CSc2ccccc2Cl)NC)cn1. The molecule has 0 saturated carbocycles. The van der Waals surface area contributed by atoms with Crippen molar-refractivity contribution in [3.05, 3.63) is 47.2 Å². The standard InChI is InChI=1S/C15H20ClN3S/c1-3-8-19-10-12(9-18-19)14(17-2)11-20-15-7-5-4-6-13(15)16/h4-7,9-10,14,17H,3,8,11H2,1-2H3. The van der Waals surface area contributed by atoms with Crippen LogP contribution in [-0.2, 0) is 6.54 Å². The van der Waals surface area contributed by atoms with Gasteiger partial charge in [0.05, 0.1) is 11.2 Å². The molecule has 0 bridgehead atoms. The second kappa shape index (κ2) is 7.72. The fourth-order valence-electron chi connectivity index (χ4n) is 1.99. The molecule has 1 atom stereocenters. The number of nitrogens with one attached hydrogen (secondary N) is 1. The first-order valence-electron chi connectivity index (χ1n) is 6.81. The lowest BCUT2D eigenvalue weighted by Crippen LogP contribution is -2.18. The molecule has 0 aliphatic rings. The van der Waals surface area contributed by atoms with Crippen molar-refractivity contribution in [2.75, 3.05) is 12.8 Å². The van der Waals surface area contributed by atoms with E-state index in [-0.39, 0.29) is 6.04 Å². The third-order valence-corrected chi connectivity index (χ3v) is 4.71. The fraction of sp³-hybridized carbons (Fsp3) is 0.400. The maximum absolute atomic E-state index is 6.18. The Morgan fingerprint density at radius 2 is 2.20 bits per heavy atom. The summed E-state index contributed by atoms with van der Waals surface area (Å²) >= 11 is 7.95. The predicted molar refractivity (Wildman–Crippen MR) is 86.5 cm³/mol. The van der Waals surface area contributed by atoms with Gasteiger partial charge in [0.2, 0.25) is 0 Å². The monoisotopic (exact) mass is 309 g/mol. The average Bonchev–Trinajstić information content (AvgIpc) is 2.90. The van der Waals surface area contributed by atoms with Crippen LogP contribution in [0.5, 0.6) is 0 Å². The van der Waals surface area contributed by atoms with E-state index in [1.54, 1.807) is 11.8 Å². The van der Waals surface area contributed by atoms with Crippen molar-refractivity contribution in [1.29, 1.82) is 0 Å². The largest absolute Gasteiger partial charge is 0.312 e. The topological polar surface area (TPSA) is 29.9 Å². The molecule has 0 fully saturated rings. The predicted octanol–water partition coefficient (Wildman–Crippen LogP) is 4.00. The number of benzene rings is 1. The summed E-state index contributed by atoms with van der Waals surface area (Å²) in [5.74, 6) is 0.929. The summed E-state index contributed by atoms with van der Waals surface area (Å²) in [5.41, 5.74) is 1.22. The smallest absolute Gasteiger partial charge is 0.0541 e. The highest BCUT2D eigenvalue weighted by molar-refractivity contribution is 7.99. The molecule has 0 radical (unpaired) electrons. The highest BCUT2D eigenvalue weighted by Gasteiger charge is 2.12. The Labute approximate surface area is 129 Å². The maximum Gasteiger partial charge on any atom is 0.0541 e. The molecule has 2 rings (SSSR count). The van der Waals surface area contributed by atoms with Crippen LogP contribution >= 0.6 is 23.4 Å². The van der Waals surface area contributed by atoms with E-state index in [9.17, 15) is 0 Å². The number of rotatable bonds is 7. The normalized spacial score (nSPS) is 12.6. The molecule has 1 aromatic heterocycles. The third-order valence-electron chi connectivity index (χ3n) is 3.10. The Bertz CT molecular complexity index is 541. The van der Waals surface area contributed by atoms with Crippen LogP contribution in [0, 0.1) is 0 Å². The molecular weight excluding hydrogens is 290 g/mol. The van der Waals surface area contributed by atoms with Gasteiger partial charge < -0.3 is 5.32 Å². The van der Waals surface area contributed by atoms with Gasteiger partial charge in [0.25, 0.3) is 0 Å². The van der Waals surface area contributed by atoms with Crippen LogP contribution in [0.3, 0.4) is 0 Å². The first kappa shape index (κ1) is 15.4. The van der Waals surface area contributed by atoms with E-state index in [4.69, 9.17) is 11.6 Å². The van der Waals surface area contributed by atoms with Crippen LogP contribution < -0.4 is 5.32 Å². The fourth-order valence-corrected chi connectivity index (χ4v) is 3.38. The average molecular weight is 310 g/mol. The van der Waals surface area contributed by atoms with Gasteiger partial charge in [-0.05, 0) is 25.6 Å². The molecule has 0 aliphatic heterocycles. The molecule has 1 heterocycles. The summed E-state index contributed by atoms with van der Waals surface area (Å²) in [6.45, 7) is 3.12. The number of aromatic nitrogens is 2. The Hall–Kier alpha value is -0.970. The van der Waals surface area contributed by atoms with Crippen LogP contribution in [0.4, 0.5) is 0 Å². The molecule has 0 amide bonds. The zero-order valence-corrected chi connectivity index (χ0v) is 13.4. The van der Waals surface area contributed by atoms with E-state index < -0.39 is 0 Å². The third kappa shape index (κ3) is 4.01. The van der Waals surface area contributed by atoms with Gasteiger partial charge in [0.1, 0.15) is 0 Å². The molecule has 3 nitrogen and oxygen atoms in total. The second-order valence-electron chi connectivity index (χ2n) is 4.62. The number of aryl methyl sites for hydroxylation is 1. The lowest BCUT2D eigenvalue weighted by Gasteiger charge is -2.14. The molecule has 0 saturated heterocycles. The summed E-state index contributed by atoms with van der Waals surface area (Å²) in [4.78, 5) is 1.12. The molecule has 0 aliphatic carbocycles. The van der Waals surface area contributed by atoms with Crippen molar-refractivity contribution < 1.29 is 0 Å². The van der Waals surface area contributed by atoms with Gasteiger partial charge in [-0.2, -0.15) is 5.10 Å². The number of hydrogen-bond donors (Lipinski definition) is 1. The quantitative estimate of drug-likeness (QED) is 0.784. The van der Waals surface area contributed by atoms with Gasteiger partial charge in [0, 0.05) is 35.0 Å². The van der Waals surface area contributed by atoms with Crippen molar-refractivity contribution in [3.8, 4) is 0 Å². The zero-order valence-electron chi connectivity index (χ0n) is 11.8. The molecule has 2 aromatic rings. The molecule has 20 heavy (non-hydrogen) atoms. The first-order chi connectivity index (χ1) is 9.74.